The highest BCUT2D eigenvalue weighted by Gasteiger charge is 2.30. The van der Waals surface area contributed by atoms with Crippen molar-refractivity contribution in [3.8, 4) is 0 Å². The minimum absolute atomic E-state index is 0.0990. The zero-order valence-electron chi connectivity index (χ0n) is 17.8. The van der Waals surface area contributed by atoms with Gasteiger partial charge in [-0.25, -0.2) is 4.39 Å². The summed E-state index contributed by atoms with van der Waals surface area (Å²) in [6, 6.07) is 26.6. The van der Waals surface area contributed by atoms with Gasteiger partial charge in [-0.15, -0.1) is 0 Å². The molecule has 2 amide bonds. The summed E-state index contributed by atoms with van der Waals surface area (Å²) in [5, 5.41) is 2.63. The molecule has 1 saturated heterocycles. The van der Waals surface area contributed by atoms with Crippen LogP contribution in [0.2, 0.25) is 0 Å². The molecule has 1 N–H and O–H groups in total. The highest BCUT2D eigenvalue weighted by Crippen LogP contribution is 2.29. The molecule has 1 aliphatic heterocycles. The van der Waals surface area contributed by atoms with E-state index in [0.29, 0.717) is 26.2 Å². The van der Waals surface area contributed by atoms with Crippen LogP contribution in [0.1, 0.15) is 22.7 Å². The molecule has 3 aromatic carbocycles. The molecule has 0 saturated carbocycles. The Hall–Kier alpha value is -3.51. The predicted octanol–water partition coefficient (Wildman–Crippen LogP) is 3.38. The fraction of sp³-hybridized carbons (Fsp3) is 0.231. The number of amides is 2. The van der Waals surface area contributed by atoms with Crippen molar-refractivity contribution < 1.29 is 14.0 Å². The molecule has 1 aliphatic rings. The van der Waals surface area contributed by atoms with Gasteiger partial charge in [0.25, 0.3) is 0 Å². The van der Waals surface area contributed by atoms with E-state index < -0.39 is 11.8 Å². The molecule has 0 bridgehead atoms. The van der Waals surface area contributed by atoms with Crippen LogP contribution in [0, 0.1) is 5.82 Å². The van der Waals surface area contributed by atoms with Gasteiger partial charge in [-0.2, -0.15) is 0 Å². The van der Waals surface area contributed by atoms with E-state index in [9.17, 15) is 14.0 Å². The topological polar surface area (TPSA) is 52.7 Å². The summed E-state index contributed by atoms with van der Waals surface area (Å²) in [6.45, 7) is 2.50. The molecule has 1 fully saturated rings. The van der Waals surface area contributed by atoms with Crippen molar-refractivity contribution in [1.29, 1.82) is 0 Å². The van der Waals surface area contributed by atoms with E-state index in [0.717, 1.165) is 5.56 Å². The Morgan fingerprint density at radius 2 is 1.31 bits per heavy atom. The maximum absolute atomic E-state index is 13.0. The van der Waals surface area contributed by atoms with Gasteiger partial charge in [0.2, 0.25) is 0 Å². The van der Waals surface area contributed by atoms with Crippen molar-refractivity contribution in [3.05, 3.63) is 107 Å². The van der Waals surface area contributed by atoms with Gasteiger partial charge in [-0.05, 0) is 28.8 Å². The quantitative estimate of drug-likeness (QED) is 0.631. The lowest BCUT2D eigenvalue weighted by Gasteiger charge is -2.39. The molecule has 1 heterocycles. The van der Waals surface area contributed by atoms with E-state index in [2.05, 4.69) is 34.5 Å². The number of halogens is 1. The number of benzene rings is 3. The number of rotatable bonds is 5. The molecule has 6 heteroatoms. The molecule has 0 radical (unpaired) electrons. The van der Waals surface area contributed by atoms with Gasteiger partial charge in [0.15, 0.2) is 0 Å². The average molecular weight is 432 g/mol. The molecule has 164 valence electrons. The van der Waals surface area contributed by atoms with Crippen LogP contribution < -0.4 is 5.32 Å². The maximum atomic E-state index is 13.0. The highest BCUT2D eigenvalue weighted by molar-refractivity contribution is 6.35. The third-order valence-electron chi connectivity index (χ3n) is 5.76. The Morgan fingerprint density at radius 1 is 0.781 bits per heavy atom. The van der Waals surface area contributed by atoms with Crippen LogP contribution in [0.3, 0.4) is 0 Å². The fourth-order valence-corrected chi connectivity index (χ4v) is 4.07. The van der Waals surface area contributed by atoms with Crippen molar-refractivity contribution >= 4 is 11.8 Å². The summed E-state index contributed by atoms with van der Waals surface area (Å²) in [6.07, 6.45) is 0. The minimum Gasteiger partial charge on any atom is -0.344 e. The Kier molecular flexibility index (Phi) is 6.92. The van der Waals surface area contributed by atoms with Crippen LogP contribution in [0.5, 0.6) is 0 Å². The predicted molar refractivity (Wildman–Crippen MR) is 121 cm³/mol. The molecule has 5 nitrogen and oxygen atoms in total. The largest absolute Gasteiger partial charge is 0.344 e. The zero-order valence-corrected chi connectivity index (χ0v) is 17.8. The average Bonchev–Trinajstić information content (AvgIpc) is 2.85. The second-order valence-corrected chi connectivity index (χ2v) is 7.86. The lowest BCUT2D eigenvalue weighted by atomic mass is 9.96. The van der Waals surface area contributed by atoms with Crippen LogP contribution in [-0.2, 0) is 16.1 Å². The summed E-state index contributed by atoms with van der Waals surface area (Å²) < 4.78 is 13.0. The van der Waals surface area contributed by atoms with Crippen molar-refractivity contribution in [1.82, 2.24) is 15.1 Å². The number of piperazine rings is 1. The van der Waals surface area contributed by atoms with Crippen LogP contribution in [-0.4, -0.2) is 47.8 Å². The molecule has 0 aromatic heterocycles. The summed E-state index contributed by atoms with van der Waals surface area (Å²) >= 11 is 0. The first kappa shape index (κ1) is 21.7. The van der Waals surface area contributed by atoms with Crippen LogP contribution >= 0.6 is 0 Å². The molecular formula is C26H26FN3O2. The monoisotopic (exact) mass is 431 g/mol. The van der Waals surface area contributed by atoms with Gasteiger partial charge in [0, 0.05) is 32.7 Å². The van der Waals surface area contributed by atoms with Crippen molar-refractivity contribution in [3.63, 3.8) is 0 Å². The molecular weight excluding hydrogens is 405 g/mol. The van der Waals surface area contributed by atoms with Gasteiger partial charge >= 0.3 is 11.8 Å². The number of hydrogen-bond donors (Lipinski definition) is 1. The number of carbonyl (C=O) groups is 2. The molecule has 0 spiro atoms. The lowest BCUT2D eigenvalue weighted by Crippen LogP contribution is -2.53. The fourth-order valence-electron chi connectivity index (χ4n) is 4.07. The number of carbonyl (C=O) groups excluding carboxylic acids is 2. The van der Waals surface area contributed by atoms with E-state index in [1.165, 1.54) is 23.3 Å². The highest BCUT2D eigenvalue weighted by atomic mass is 19.1. The smallest absolute Gasteiger partial charge is 0.311 e. The third kappa shape index (κ3) is 5.21. The second-order valence-electron chi connectivity index (χ2n) is 7.86. The summed E-state index contributed by atoms with van der Waals surface area (Å²) in [5.74, 6) is -1.49. The van der Waals surface area contributed by atoms with Crippen molar-refractivity contribution in [2.45, 2.75) is 12.6 Å². The van der Waals surface area contributed by atoms with Crippen LogP contribution in [0.15, 0.2) is 84.9 Å². The zero-order chi connectivity index (χ0) is 22.3. The Bertz CT molecular complexity index is 994. The van der Waals surface area contributed by atoms with Crippen molar-refractivity contribution in [2.75, 3.05) is 26.2 Å². The standard InChI is InChI=1S/C26H26FN3O2/c27-23-13-11-20(12-14-23)19-28-25(31)26(32)30-17-15-29(16-18-30)24(21-7-3-1-4-8-21)22-9-5-2-6-10-22/h1-14,24H,15-19H2,(H,28,31). The molecule has 0 aliphatic carbocycles. The minimum atomic E-state index is -0.634. The number of hydrogen-bond acceptors (Lipinski definition) is 3. The Labute approximate surface area is 187 Å². The summed E-state index contributed by atoms with van der Waals surface area (Å²) in [4.78, 5) is 28.9. The molecule has 4 rings (SSSR count). The molecule has 3 aromatic rings. The number of nitrogens with zero attached hydrogens (tertiary/aromatic N) is 2. The van der Waals surface area contributed by atoms with Crippen molar-refractivity contribution in [2.24, 2.45) is 0 Å². The number of nitrogens with one attached hydrogen (secondary N) is 1. The first-order chi connectivity index (χ1) is 15.6. The summed E-state index contributed by atoms with van der Waals surface area (Å²) in [7, 11) is 0. The SMILES string of the molecule is O=C(NCc1ccc(F)cc1)C(=O)N1CCN(C(c2ccccc2)c2ccccc2)CC1. The van der Waals surface area contributed by atoms with Gasteiger partial charge < -0.3 is 10.2 Å². The van der Waals surface area contributed by atoms with Gasteiger partial charge in [0.1, 0.15) is 5.82 Å². The lowest BCUT2D eigenvalue weighted by molar-refractivity contribution is -0.147. The second kappa shape index (κ2) is 10.2. The molecule has 0 atom stereocenters. The van der Waals surface area contributed by atoms with E-state index >= 15 is 0 Å². The first-order valence-electron chi connectivity index (χ1n) is 10.8. The normalized spacial score (nSPS) is 14.4. The van der Waals surface area contributed by atoms with Gasteiger partial charge in [-0.3, -0.25) is 14.5 Å². The van der Waals surface area contributed by atoms with E-state index in [4.69, 9.17) is 0 Å². The van der Waals surface area contributed by atoms with Crippen LogP contribution in [0.4, 0.5) is 4.39 Å². The van der Waals surface area contributed by atoms with Gasteiger partial charge in [-0.1, -0.05) is 72.8 Å². The maximum Gasteiger partial charge on any atom is 0.311 e. The van der Waals surface area contributed by atoms with Gasteiger partial charge in [0.05, 0.1) is 6.04 Å². The first-order valence-corrected chi connectivity index (χ1v) is 10.8. The van der Waals surface area contributed by atoms with E-state index in [1.54, 1.807) is 17.0 Å². The third-order valence-corrected chi connectivity index (χ3v) is 5.76. The molecule has 0 unspecified atom stereocenters. The molecule has 32 heavy (non-hydrogen) atoms. The van der Waals surface area contributed by atoms with E-state index in [1.807, 2.05) is 36.4 Å². The Morgan fingerprint density at radius 3 is 1.84 bits per heavy atom. The van der Waals surface area contributed by atoms with Crippen LogP contribution in [0.25, 0.3) is 0 Å². The van der Waals surface area contributed by atoms with E-state index in [-0.39, 0.29) is 18.4 Å². The summed E-state index contributed by atoms with van der Waals surface area (Å²) in [5.41, 5.74) is 3.15. The Balaban J connectivity index is 1.37.